The second-order valence-corrected chi connectivity index (χ2v) is 4.28. The molecule has 2 heteroatoms. The van der Waals surface area contributed by atoms with Gasteiger partial charge in [0.25, 0.3) is 0 Å². The Kier molecular flexibility index (Phi) is 2.76. The highest BCUT2D eigenvalue weighted by Gasteiger charge is 2.33. The Morgan fingerprint density at radius 2 is 2.00 bits per heavy atom. The van der Waals surface area contributed by atoms with Crippen LogP contribution in [-0.4, -0.2) is 23.9 Å². The van der Waals surface area contributed by atoms with Crippen molar-refractivity contribution in [2.45, 2.75) is 40.0 Å². The summed E-state index contributed by atoms with van der Waals surface area (Å²) < 4.78 is 0. The van der Waals surface area contributed by atoms with Crippen molar-refractivity contribution in [1.29, 1.82) is 0 Å². The molecule has 0 aromatic heterocycles. The largest absolute Gasteiger partial charge is 0.342 e. The molecule has 0 aliphatic carbocycles. The fourth-order valence-electron chi connectivity index (χ4n) is 1.68. The van der Waals surface area contributed by atoms with Gasteiger partial charge in [-0.15, -0.1) is 0 Å². The summed E-state index contributed by atoms with van der Waals surface area (Å²) in [5.41, 5.74) is -0.130. The van der Waals surface area contributed by atoms with Gasteiger partial charge in [0.05, 0.1) is 0 Å². The second kappa shape index (κ2) is 3.46. The summed E-state index contributed by atoms with van der Waals surface area (Å²) in [6.07, 6.45) is 3.28. The van der Waals surface area contributed by atoms with Gasteiger partial charge in [-0.25, -0.2) is 0 Å². The lowest BCUT2D eigenvalue weighted by Gasteiger charge is -2.37. The van der Waals surface area contributed by atoms with Gasteiger partial charge in [0.1, 0.15) is 0 Å². The van der Waals surface area contributed by atoms with Crippen LogP contribution in [0, 0.1) is 5.41 Å². The summed E-state index contributed by atoms with van der Waals surface area (Å²) in [7, 11) is 0. The molecule has 0 N–H and O–H groups in total. The molecular formula is C10H19NO. The van der Waals surface area contributed by atoms with Crippen molar-refractivity contribution in [2.75, 3.05) is 13.1 Å². The first-order valence-corrected chi connectivity index (χ1v) is 4.87. The number of amides is 1. The molecule has 1 heterocycles. The molecule has 0 radical (unpaired) electrons. The van der Waals surface area contributed by atoms with Gasteiger partial charge >= 0.3 is 0 Å². The van der Waals surface area contributed by atoms with Crippen molar-refractivity contribution < 1.29 is 4.79 Å². The fourth-order valence-corrected chi connectivity index (χ4v) is 1.68. The number of hydrogen-bond acceptors (Lipinski definition) is 1. The van der Waals surface area contributed by atoms with Crippen LogP contribution >= 0.6 is 0 Å². The van der Waals surface area contributed by atoms with E-state index in [-0.39, 0.29) is 5.41 Å². The third-order valence-electron chi connectivity index (χ3n) is 2.60. The van der Waals surface area contributed by atoms with Gasteiger partial charge < -0.3 is 4.90 Å². The van der Waals surface area contributed by atoms with E-state index in [0.29, 0.717) is 5.91 Å². The monoisotopic (exact) mass is 169 g/mol. The molecular weight excluding hydrogens is 150 g/mol. The lowest BCUT2D eigenvalue weighted by Crippen LogP contribution is -2.48. The Balaban J connectivity index is 2.48. The van der Waals surface area contributed by atoms with Crippen LogP contribution in [0.5, 0.6) is 0 Å². The summed E-state index contributed by atoms with van der Waals surface area (Å²) in [6, 6.07) is 0. The molecule has 0 aromatic carbocycles. The molecule has 0 aromatic rings. The average Bonchev–Trinajstić information content (AvgIpc) is 1.83. The minimum absolute atomic E-state index is 0.130. The first-order valence-electron chi connectivity index (χ1n) is 4.87. The summed E-state index contributed by atoms with van der Waals surface area (Å²) in [6.45, 7) is 8.19. The van der Waals surface area contributed by atoms with Crippen molar-refractivity contribution in [3.8, 4) is 0 Å². The van der Waals surface area contributed by atoms with Gasteiger partial charge in [0.2, 0.25) is 5.91 Å². The molecule has 1 aliphatic heterocycles. The number of nitrogens with zero attached hydrogens (tertiary/aromatic N) is 1. The van der Waals surface area contributed by atoms with Crippen molar-refractivity contribution in [2.24, 2.45) is 5.41 Å². The van der Waals surface area contributed by atoms with Crippen molar-refractivity contribution in [1.82, 2.24) is 4.90 Å². The van der Waals surface area contributed by atoms with E-state index in [4.69, 9.17) is 0 Å². The molecule has 1 rings (SSSR count). The predicted octanol–water partition coefficient (Wildman–Crippen LogP) is 2.04. The molecule has 0 saturated carbocycles. The quantitative estimate of drug-likeness (QED) is 0.633. The predicted molar refractivity (Wildman–Crippen MR) is 49.9 cm³/mol. The topological polar surface area (TPSA) is 20.3 Å². The van der Waals surface area contributed by atoms with Crippen LogP contribution in [0.3, 0.4) is 0 Å². The van der Waals surface area contributed by atoms with Gasteiger partial charge in [-0.05, 0) is 12.8 Å². The molecule has 0 unspecified atom stereocenters. The molecule has 0 spiro atoms. The third kappa shape index (κ3) is 1.79. The van der Waals surface area contributed by atoms with Crippen molar-refractivity contribution in [3.05, 3.63) is 0 Å². The highest BCUT2D eigenvalue weighted by Crippen LogP contribution is 2.27. The maximum Gasteiger partial charge on any atom is 0.228 e. The van der Waals surface area contributed by atoms with Crippen molar-refractivity contribution in [3.63, 3.8) is 0 Å². The van der Waals surface area contributed by atoms with Gasteiger partial charge in [0, 0.05) is 18.5 Å². The Bertz CT molecular complexity index is 171. The molecule has 1 amide bonds. The molecule has 2 nitrogen and oxygen atoms in total. The van der Waals surface area contributed by atoms with Crippen LogP contribution in [-0.2, 0) is 4.79 Å². The molecule has 0 atom stereocenters. The number of carbonyl (C=O) groups is 1. The van der Waals surface area contributed by atoms with Crippen LogP contribution in [0.15, 0.2) is 0 Å². The van der Waals surface area contributed by atoms with Crippen LogP contribution in [0.4, 0.5) is 0 Å². The molecule has 12 heavy (non-hydrogen) atoms. The van der Waals surface area contributed by atoms with E-state index in [9.17, 15) is 4.79 Å². The number of rotatable bonds is 3. The van der Waals surface area contributed by atoms with E-state index in [0.717, 1.165) is 25.9 Å². The van der Waals surface area contributed by atoms with E-state index in [2.05, 4.69) is 20.8 Å². The van der Waals surface area contributed by atoms with Crippen LogP contribution in [0.25, 0.3) is 0 Å². The third-order valence-corrected chi connectivity index (χ3v) is 2.60. The van der Waals surface area contributed by atoms with Crippen LogP contribution in [0.2, 0.25) is 0 Å². The Morgan fingerprint density at radius 3 is 2.33 bits per heavy atom. The van der Waals surface area contributed by atoms with Crippen LogP contribution in [0.1, 0.15) is 40.0 Å². The zero-order chi connectivity index (χ0) is 9.19. The normalized spacial score (nSPS) is 17.4. The van der Waals surface area contributed by atoms with E-state index in [1.54, 1.807) is 0 Å². The summed E-state index contributed by atoms with van der Waals surface area (Å²) in [4.78, 5) is 13.7. The summed E-state index contributed by atoms with van der Waals surface area (Å²) >= 11 is 0. The Morgan fingerprint density at radius 1 is 1.42 bits per heavy atom. The average molecular weight is 169 g/mol. The first-order chi connectivity index (χ1) is 5.58. The molecule has 0 bridgehead atoms. The molecule has 1 aliphatic rings. The summed E-state index contributed by atoms with van der Waals surface area (Å²) in [5.74, 6) is 0.343. The van der Waals surface area contributed by atoms with Crippen LogP contribution < -0.4 is 0 Å². The van der Waals surface area contributed by atoms with E-state index >= 15 is 0 Å². The highest BCUT2D eigenvalue weighted by atomic mass is 16.2. The first kappa shape index (κ1) is 9.56. The second-order valence-electron chi connectivity index (χ2n) is 4.28. The smallest absolute Gasteiger partial charge is 0.228 e. The Hall–Kier alpha value is -0.530. The standard InChI is InChI=1S/C10H19NO/c1-4-6-10(2,3)9(12)11-7-5-8-11/h4-8H2,1-3H3. The maximum atomic E-state index is 11.8. The van der Waals surface area contributed by atoms with Gasteiger partial charge in [-0.1, -0.05) is 27.2 Å². The zero-order valence-corrected chi connectivity index (χ0v) is 8.39. The minimum Gasteiger partial charge on any atom is -0.342 e. The minimum atomic E-state index is -0.130. The highest BCUT2D eigenvalue weighted by molar-refractivity contribution is 5.82. The molecule has 1 fully saturated rings. The SMILES string of the molecule is CCCC(C)(C)C(=O)N1CCC1. The number of carbonyl (C=O) groups excluding carboxylic acids is 1. The molecule has 70 valence electrons. The van der Waals surface area contributed by atoms with Gasteiger partial charge in [-0.3, -0.25) is 4.79 Å². The van der Waals surface area contributed by atoms with E-state index in [1.807, 2.05) is 4.90 Å². The molecule has 1 saturated heterocycles. The van der Waals surface area contributed by atoms with Gasteiger partial charge in [-0.2, -0.15) is 0 Å². The maximum absolute atomic E-state index is 11.8. The zero-order valence-electron chi connectivity index (χ0n) is 8.39. The lowest BCUT2D eigenvalue weighted by atomic mass is 9.85. The lowest BCUT2D eigenvalue weighted by molar-refractivity contribution is -0.144. The summed E-state index contributed by atoms with van der Waals surface area (Å²) in [5, 5.41) is 0. The van der Waals surface area contributed by atoms with E-state index in [1.165, 1.54) is 6.42 Å². The fraction of sp³-hybridized carbons (Fsp3) is 0.900. The number of hydrogen-bond donors (Lipinski definition) is 0. The number of likely N-dealkylation sites (tertiary alicyclic amines) is 1. The van der Waals surface area contributed by atoms with E-state index < -0.39 is 0 Å². The van der Waals surface area contributed by atoms with Crippen molar-refractivity contribution >= 4 is 5.91 Å². The van der Waals surface area contributed by atoms with Gasteiger partial charge in [0.15, 0.2) is 0 Å². The Labute approximate surface area is 74.9 Å².